The van der Waals surface area contributed by atoms with Crippen molar-refractivity contribution in [3.63, 3.8) is 0 Å². The molecule has 2 heteroatoms. The lowest BCUT2D eigenvalue weighted by molar-refractivity contribution is 0.261. The van der Waals surface area contributed by atoms with E-state index in [2.05, 4.69) is 24.0 Å². The van der Waals surface area contributed by atoms with Crippen LogP contribution in [0.2, 0.25) is 0 Å². The molecule has 0 atom stereocenters. The third-order valence-corrected chi connectivity index (χ3v) is 2.14. The summed E-state index contributed by atoms with van der Waals surface area (Å²) >= 11 is 0. The number of benzene rings is 1. The van der Waals surface area contributed by atoms with E-state index in [-0.39, 0.29) is 0 Å². The van der Waals surface area contributed by atoms with E-state index >= 15 is 0 Å². The molecular formula is C12H19NO. The molecule has 0 aliphatic heterocycles. The van der Waals surface area contributed by atoms with E-state index in [0.29, 0.717) is 0 Å². The molecule has 78 valence electrons. The molecule has 0 radical (unpaired) electrons. The summed E-state index contributed by atoms with van der Waals surface area (Å²) in [5.74, 6) is 0.962. The topological polar surface area (TPSA) is 12.5 Å². The summed E-state index contributed by atoms with van der Waals surface area (Å²) in [6, 6.07) is 8.30. The van der Waals surface area contributed by atoms with Crippen molar-refractivity contribution in [1.29, 1.82) is 0 Å². The molecule has 0 aromatic heterocycles. The highest BCUT2D eigenvalue weighted by atomic mass is 16.5. The number of likely N-dealkylation sites (N-methyl/N-ethyl adjacent to an activating group) is 1. The first-order chi connectivity index (χ1) is 6.72. The molecule has 0 aliphatic carbocycles. The molecule has 2 nitrogen and oxygen atoms in total. The number of aryl methyl sites for hydroxylation is 1. The first-order valence-corrected chi connectivity index (χ1v) is 5.09. The Morgan fingerprint density at radius 2 is 1.79 bits per heavy atom. The van der Waals surface area contributed by atoms with Gasteiger partial charge in [0.15, 0.2) is 0 Å². The summed E-state index contributed by atoms with van der Waals surface area (Å²) in [6.45, 7) is 3.86. The second kappa shape index (κ2) is 5.66. The summed E-state index contributed by atoms with van der Waals surface area (Å²) in [7, 11) is 4.09. The summed E-state index contributed by atoms with van der Waals surface area (Å²) in [6.07, 6.45) is 1.08. The zero-order chi connectivity index (χ0) is 10.4. The second-order valence-corrected chi connectivity index (χ2v) is 3.65. The fraction of sp³-hybridized carbons (Fsp3) is 0.500. The Morgan fingerprint density at radius 1 is 1.14 bits per heavy atom. The molecule has 0 saturated heterocycles. The van der Waals surface area contributed by atoms with Crippen molar-refractivity contribution in [1.82, 2.24) is 4.90 Å². The number of hydrogen-bond acceptors (Lipinski definition) is 2. The van der Waals surface area contributed by atoms with Gasteiger partial charge >= 0.3 is 0 Å². The van der Waals surface area contributed by atoms with Gasteiger partial charge in [-0.2, -0.15) is 0 Å². The van der Waals surface area contributed by atoms with Crippen LogP contribution < -0.4 is 4.74 Å². The van der Waals surface area contributed by atoms with Gasteiger partial charge in [0.05, 0.1) is 0 Å². The molecule has 1 rings (SSSR count). The van der Waals surface area contributed by atoms with Gasteiger partial charge in [0.1, 0.15) is 12.4 Å². The van der Waals surface area contributed by atoms with Gasteiger partial charge in [-0.05, 0) is 38.2 Å². The first-order valence-electron chi connectivity index (χ1n) is 5.09. The van der Waals surface area contributed by atoms with E-state index in [9.17, 15) is 0 Å². The summed E-state index contributed by atoms with van der Waals surface area (Å²) < 4.78 is 5.57. The molecule has 0 saturated carbocycles. The largest absolute Gasteiger partial charge is 0.492 e. The van der Waals surface area contributed by atoms with E-state index < -0.39 is 0 Å². The van der Waals surface area contributed by atoms with Gasteiger partial charge in [-0.3, -0.25) is 0 Å². The van der Waals surface area contributed by atoms with Crippen LogP contribution in [0.25, 0.3) is 0 Å². The second-order valence-electron chi connectivity index (χ2n) is 3.65. The molecular weight excluding hydrogens is 174 g/mol. The van der Waals surface area contributed by atoms with Crippen LogP contribution in [0.4, 0.5) is 0 Å². The highest BCUT2D eigenvalue weighted by Crippen LogP contribution is 2.12. The van der Waals surface area contributed by atoms with Crippen molar-refractivity contribution in [3.8, 4) is 5.75 Å². The highest BCUT2D eigenvalue weighted by Gasteiger charge is 1.94. The average Bonchev–Trinajstić information content (AvgIpc) is 2.18. The molecule has 0 bridgehead atoms. The quantitative estimate of drug-likeness (QED) is 0.710. The molecule has 1 aromatic carbocycles. The summed E-state index contributed by atoms with van der Waals surface area (Å²) in [5.41, 5.74) is 1.35. The van der Waals surface area contributed by atoms with Crippen molar-refractivity contribution < 1.29 is 4.74 Å². The van der Waals surface area contributed by atoms with Crippen LogP contribution >= 0.6 is 0 Å². The van der Waals surface area contributed by atoms with Crippen molar-refractivity contribution in [2.45, 2.75) is 13.3 Å². The Bertz CT molecular complexity index is 254. The highest BCUT2D eigenvalue weighted by molar-refractivity contribution is 5.27. The van der Waals surface area contributed by atoms with E-state index in [0.717, 1.165) is 25.3 Å². The van der Waals surface area contributed by atoms with Gasteiger partial charge in [0, 0.05) is 6.54 Å². The van der Waals surface area contributed by atoms with Gasteiger partial charge in [-0.25, -0.2) is 0 Å². The number of rotatable bonds is 5. The van der Waals surface area contributed by atoms with Gasteiger partial charge in [-0.15, -0.1) is 0 Å². The average molecular weight is 193 g/mol. The van der Waals surface area contributed by atoms with Crippen molar-refractivity contribution in [3.05, 3.63) is 29.8 Å². The molecule has 0 unspecified atom stereocenters. The Balaban J connectivity index is 2.36. The van der Waals surface area contributed by atoms with Gasteiger partial charge in [0.2, 0.25) is 0 Å². The standard InChI is InChI=1S/C12H19NO/c1-4-11-5-7-12(8-6-11)14-10-9-13(2)3/h5-8H,4,9-10H2,1-3H3. The molecule has 0 spiro atoms. The molecule has 0 amide bonds. The van der Waals surface area contributed by atoms with E-state index in [1.165, 1.54) is 5.56 Å². The number of nitrogens with zero attached hydrogens (tertiary/aromatic N) is 1. The van der Waals surface area contributed by atoms with Crippen LogP contribution in [0.15, 0.2) is 24.3 Å². The van der Waals surface area contributed by atoms with Crippen LogP contribution in [0.1, 0.15) is 12.5 Å². The smallest absolute Gasteiger partial charge is 0.119 e. The third-order valence-electron chi connectivity index (χ3n) is 2.14. The predicted molar refractivity (Wildman–Crippen MR) is 59.9 cm³/mol. The van der Waals surface area contributed by atoms with Crippen LogP contribution in [-0.4, -0.2) is 32.1 Å². The lowest BCUT2D eigenvalue weighted by Gasteiger charge is -2.11. The van der Waals surface area contributed by atoms with Crippen molar-refractivity contribution in [2.24, 2.45) is 0 Å². The number of hydrogen-bond donors (Lipinski definition) is 0. The van der Waals surface area contributed by atoms with E-state index in [1.807, 2.05) is 26.2 Å². The monoisotopic (exact) mass is 193 g/mol. The Morgan fingerprint density at radius 3 is 2.29 bits per heavy atom. The minimum absolute atomic E-state index is 0.748. The van der Waals surface area contributed by atoms with Crippen LogP contribution in [-0.2, 0) is 6.42 Å². The van der Waals surface area contributed by atoms with Crippen LogP contribution in [0.3, 0.4) is 0 Å². The van der Waals surface area contributed by atoms with Crippen LogP contribution in [0, 0.1) is 0 Å². The Labute approximate surface area is 86.5 Å². The maximum absolute atomic E-state index is 5.57. The fourth-order valence-corrected chi connectivity index (χ4v) is 1.17. The molecule has 14 heavy (non-hydrogen) atoms. The Hall–Kier alpha value is -1.02. The minimum atomic E-state index is 0.748. The van der Waals surface area contributed by atoms with Crippen molar-refractivity contribution in [2.75, 3.05) is 27.2 Å². The molecule has 0 N–H and O–H groups in total. The number of ether oxygens (including phenoxy) is 1. The van der Waals surface area contributed by atoms with Gasteiger partial charge < -0.3 is 9.64 Å². The van der Waals surface area contributed by atoms with E-state index in [1.54, 1.807) is 0 Å². The molecule has 0 fully saturated rings. The SMILES string of the molecule is CCc1ccc(OCCN(C)C)cc1. The zero-order valence-electron chi connectivity index (χ0n) is 9.29. The predicted octanol–water partition coefficient (Wildman–Crippen LogP) is 2.19. The van der Waals surface area contributed by atoms with Crippen LogP contribution in [0.5, 0.6) is 5.75 Å². The maximum Gasteiger partial charge on any atom is 0.119 e. The normalized spacial score (nSPS) is 10.6. The lowest BCUT2D eigenvalue weighted by atomic mass is 10.2. The van der Waals surface area contributed by atoms with E-state index in [4.69, 9.17) is 4.74 Å². The minimum Gasteiger partial charge on any atom is -0.492 e. The summed E-state index contributed by atoms with van der Waals surface area (Å²) in [4.78, 5) is 2.11. The lowest BCUT2D eigenvalue weighted by Crippen LogP contribution is -2.19. The van der Waals surface area contributed by atoms with Gasteiger partial charge in [-0.1, -0.05) is 19.1 Å². The van der Waals surface area contributed by atoms with Crippen molar-refractivity contribution >= 4 is 0 Å². The summed E-state index contributed by atoms with van der Waals surface area (Å²) in [5, 5.41) is 0. The fourth-order valence-electron chi connectivity index (χ4n) is 1.17. The maximum atomic E-state index is 5.57. The molecule has 0 aliphatic rings. The third kappa shape index (κ3) is 3.79. The first kappa shape index (κ1) is 11.1. The van der Waals surface area contributed by atoms with Gasteiger partial charge in [0.25, 0.3) is 0 Å². The zero-order valence-corrected chi connectivity index (χ0v) is 9.29. The Kier molecular flexibility index (Phi) is 4.47. The molecule has 1 aromatic rings. The molecule has 0 heterocycles.